The van der Waals surface area contributed by atoms with Crippen molar-refractivity contribution in [1.82, 2.24) is 14.9 Å². The van der Waals surface area contributed by atoms with Crippen molar-refractivity contribution in [3.05, 3.63) is 52.9 Å². The third-order valence-electron chi connectivity index (χ3n) is 4.79. The minimum atomic E-state index is -3.56. The number of nitrogens with one attached hydrogen (secondary N) is 2. The van der Waals surface area contributed by atoms with Gasteiger partial charge in [0, 0.05) is 25.7 Å². The van der Waals surface area contributed by atoms with Gasteiger partial charge < -0.3 is 10.6 Å². The topological polar surface area (TPSA) is 95.6 Å². The quantitative estimate of drug-likeness (QED) is 0.693. The van der Waals surface area contributed by atoms with E-state index >= 15 is 0 Å². The second-order valence-electron chi connectivity index (χ2n) is 6.66. The van der Waals surface area contributed by atoms with Gasteiger partial charge in [0.2, 0.25) is 0 Å². The summed E-state index contributed by atoms with van der Waals surface area (Å²) < 4.78 is 27.2. The molecule has 2 heterocycles. The first kappa shape index (κ1) is 20.5. The lowest BCUT2D eigenvalue weighted by atomic mass is 10.1. The fraction of sp³-hybridized carbons (Fsp3) is 0.368. The molecule has 0 saturated carbocycles. The molecule has 1 aromatic carbocycles. The summed E-state index contributed by atoms with van der Waals surface area (Å²) in [5.74, 6) is -1.48. The monoisotopic (exact) mass is 421 g/mol. The van der Waals surface area contributed by atoms with Crippen LogP contribution in [0.2, 0.25) is 0 Å². The predicted molar refractivity (Wildman–Crippen MR) is 107 cm³/mol. The third kappa shape index (κ3) is 4.60. The van der Waals surface area contributed by atoms with E-state index in [0.29, 0.717) is 17.2 Å². The molecule has 9 heteroatoms. The van der Waals surface area contributed by atoms with Gasteiger partial charge in [-0.2, -0.15) is 4.31 Å². The van der Waals surface area contributed by atoms with Crippen molar-refractivity contribution in [1.29, 1.82) is 0 Å². The van der Waals surface area contributed by atoms with Gasteiger partial charge in [-0.15, -0.1) is 11.3 Å². The molecule has 2 N–H and O–H groups in total. The SMILES string of the molecule is Cc1ccccc1CNC(=O)C(=O)NCC1CCCN1S(=O)(=O)c1cccs1. The number of aryl methyl sites for hydroxylation is 1. The number of nitrogens with zero attached hydrogens (tertiary/aromatic N) is 1. The number of amides is 2. The summed E-state index contributed by atoms with van der Waals surface area (Å²) in [6.07, 6.45) is 1.38. The second-order valence-corrected chi connectivity index (χ2v) is 9.73. The second kappa shape index (κ2) is 8.85. The Morgan fingerprint density at radius 3 is 2.61 bits per heavy atom. The van der Waals surface area contributed by atoms with Crippen LogP contribution in [0.4, 0.5) is 0 Å². The van der Waals surface area contributed by atoms with Crippen molar-refractivity contribution in [3.8, 4) is 0 Å². The molecule has 1 unspecified atom stereocenters. The molecule has 28 heavy (non-hydrogen) atoms. The molecule has 1 saturated heterocycles. The summed E-state index contributed by atoms with van der Waals surface area (Å²) in [5.41, 5.74) is 1.97. The van der Waals surface area contributed by atoms with Crippen molar-refractivity contribution in [2.75, 3.05) is 13.1 Å². The third-order valence-corrected chi connectivity index (χ3v) is 8.11. The Balaban J connectivity index is 1.53. The molecule has 1 aromatic heterocycles. The number of thiophene rings is 1. The maximum absolute atomic E-state index is 12.7. The molecule has 1 aliphatic rings. The van der Waals surface area contributed by atoms with Crippen molar-refractivity contribution in [2.45, 2.75) is 36.6 Å². The minimum Gasteiger partial charge on any atom is -0.346 e. The summed E-state index contributed by atoms with van der Waals surface area (Å²) in [6, 6.07) is 10.5. The lowest BCUT2D eigenvalue weighted by Gasteiger charge is -2.23. The van der Waals surface area contributed by atoms with Crippen LogP contribution in [0.15, 0.2) is 46.0 Å². The molecule has 2 aromatic rings. The van der Waals surface area contributed by atoms with Crippen molar-refractivity contribution >= 4 is 33.2 Å². The molecule has 7 nitrogen and oxygen atoms in total. The van der Waals surface area contributed by atoms with Crippen LogP contribution >= 0.6 is 11.3 Å². The average molecular weight is 422 g/mol. The standard InChI is InChI=1S/C19H23N3O4S2/c1-14-6-2-3-7-15(14)12-20-18(23)19(24)21-13-16-8-4-10-22(16)28(25,26)17-9-5-11-27-17/h2-3,5-7,9,11,16H,4,8,10,12-13H2,1H3,(H,20,23)(H,21,24). The summed E-state index contributed by atoms with van der Waals surface area (Å²) in [5, 5.41) is 6.89. The lowest BCUT2D eigenvalue weighted by molar-refractivity contribution is -0.139. The van der Waals surface area contributed by atoms with Gasteiger partial charge in [0.1, 0.15) is 4.21 Å². The van der Waals surface area contributed by atoms with Gasteiger partial charge in [-0.3, -0.25) is 9.59 Å². The molecule has 1 fully saturated rings. The van der Waals surface area contributed by atoms with E-state index in [1.165, 1.54) is 15.6 Å². The molecule has 0 bridgehead atoms. The van der Waals surface area contributed by atoms with E-state index in [9.17, 15) is 18.0 Å². The van der Waals surface area contributed by atoms with Gasteiger partial charge >= 0.3 is 11.8 Å². The van der Waals surface area contributed by atoms with Gasteiger partial charge in [0.15, 0.2) is 0 Å². The molecule has 0 radical (unpaired) electrons. The smallest absolute Gasteiger partial charge is 0.309 e. The Bertz CT molecular complexity index is 942. The molecule has 1 atom stereocenters. The van der Waals surface area contributed by atoms with Crippen LogP contribution in [0.1, 0.15) is 24.0 Å². The summed E-state index contributed by atoms with van der Waals surface area (Å²) in [4.78, 5) is 24.1. The van der Waals surface area contributed by atoms with Crippen molar-refractivity contribution in [2.24, 2.45) is 0 Å². The largest absolute Gasteiger partial charge is 0.346 e. The average Bonchev–Trinajstić information content (AvgIpc) is 3.37. The zero-order valence-electron chi connectivity index (χ0n) is 15.6. The van der Waals surface area contributed by atoms with Crippen molar-refractivity contribution in [3.63, 3.8) is 0 Å². The van der Waals surface area contributed by atoms with E-state index in [1.807, 2.05) is 31.2 Å². The maximum Gasteiger partial charge on any atom is 0.309 e. The fourth-order valence-electron chi connectivity index (χ4n) is 3.21. The summed E-state index contributed by atoms with van der Waals surface area (Å²) in [7, 11) is -3.56. The van der Waals surface area contributed by atoms with E-state index in [-0.39, 0.29) is 19.1 Å². The Morgan fingerprint density at radius 2 is 1.89 bits per heavy atom. The van der Waals surface area contributed by atoms with Gasteiger partial charge in [-0.1, -0.05) is 30.3 Å². The first-order valence-corrected chi connectivity index (χ1v) is 11.4. The molecule has 0 aliphatic carbocycles. The molecular formula is C19H23N3O4S2. The normalized spacial score (nSPS) is 17.4. The van der Waals surface area contributed by atoms with Crippen LogP contribution in [0.3, 0.4) is 0 Å². The first-order valence-electron chi connectivity index (χ1n) is 9.05. The molecule has 0 spiro atoms. The Labute approximate surface area is 168 Å². The highest BCUT2D eigenvalue weighted by atomic mass is 32.2. The number of hydrogen-bond acceptors (Lipinski definition) is 5. The fourth-order valence-corrected chi connectivity index (χ4v) is 6.02. The first-order chi connectivity index (χ1) is 13.4. The Hall–Kier alpha value is -2.23. The van der Waals surface area contributed by atoms with Crippen LogP contribution in [0, 0.1) is 6.92 Å². The van der Waals surface area contributed by atoms with E-state index in [4.69, 9.17) is 0 Å². The molecular weight excluding hydrogens is 398 g/mol. The zero-order chi connectivity index (χ0) is 20.1. The van der Waals surface area contributed by atoms with Crippen LogP contribution in [0.5, 0.6) is 0 Å². The number of sulfonamides is 1. The van der Waals surface area contributed by atoms with Crippen LogP contribution in [0.25, 0.3) is 0 Å². The van der Waals surface area contributed by atoms with Crippen LogP contribution < -0.4 is 10.6 Å². The van der Waals surface area contributed by atoms with Crippen molar-refractivity contribution < 1.29 is 18.0 Å². The van der Waals surface area contributed by atoms with E-state index in [1.54, 1.807) is 17.5 Å². The molecule has 1 aliphatic heterocycles. The van der Waals surface area contributed by atoms with E-state index < -0.39 is 21.8 Å². The zero-order valence-corrected chi connectivity index (χ0v) is 17.2. The van der Waals surface area contributed by atoms with Gasteiger partial charge in [-0.05, 0) is 42.3 Å². The number of benzene rings is 1. The number of carbonyl (C=O) groups is 2. The van der Waals surface area contributed by atoms with Gasteiger partial charge in [0.25, 0.3) is 10.0 Å². The summed E-state index contributed by atoms with van der Waals surface area (Å²) >= 11 is 1.17. The van der Waals surface area contributed by atoms with E-state index in [0.717, 1.165) is 17.5 Å². The van der Waals surface area contributed by atoms with E-state index in [2.05, 4.69) is 10.6 Å². The van der Waals surface area contributed by atoms with Gasteiger partial charge in [-0.25, -0.2) is 8.42 Å². The number of carbonyl (C=O) groups excluding carboxylic acids is 2. The van der Waals surface area contributed by atoms with Crippen LogP contribution in [-0.2, 0) is 26.2 Å². The Kier molecular flexibility index (Phi) is 6.48. The minimum absolute atomic E-state index is 0.112. The molecule has 2 amide bonds. The maximum atomic E-state index is 12.7. The van der Waals surface area contributed by atoms with Crippen LogP contribution in [-0.4, -0.2) is 43.7 Å². The Morgan fingerprint density at radius 1 is 1.14 bits per heavy atom. The highest BCUT2D eigenvalue weighted by Crippen LogP contribution is 2.28. The highest BCUT2D eigenvalue weighted by molar-refractivity contribution is 7.91. The molecule has 150 valence electrons. The summed E-state index contributed by atoms with van der Waals surface area (Å²) in [6.45, 7) is 2.73. The highest BCUT2D eigenvalue weighted by Gasteiger charge is 2.36. The lowest BCUT2D eigenvalue weighted by Crippen LogP contribution is -2.46. The molecule has 3 rings (SSSR count). The van der Waals surface area contributed by atoms with Gasteiger partial charge in [0.05, 0.1) is 0 Å². The number of hydrogen-bond donors (Lipinski definition) is 2. The number of rotatable bonds is 6. The predicted octanol–water partition coefficient (Wildman–Crippen LogP) is 1.64.